The van der Waals surface area contributed by atoms with Gasteiger partial charge in [-0.1, -0.05) is 47.7 Å². The topological polar surface area (TPSA) is 17.1 Å². The standard InChI is InChI=1S/C15H14OS/c1-11-7-9-13(10-8-11)17-15-6-4-3-5-14(15)12(2)16/h3-10H,1-2H3. The third kappa shape index (κ3) is 2.98. The molecule has 0 N–H and O–H groups in total. The van der Waals surface area contributed by atoms with Gasteiger partial charge in [0.05, 0.1) is 0 Å². The van der Waals surface area contributed by atoms with E-state index in [0.29, 0.717) is 0 Å². The minimum absolute atomic E-state index is 0.111. The Hall–Kier alpha value is -1.54. The average Bonchev–Trinajstić information content (AvgIpc) is 2.32. The summed E-state index contributed by atoms with van der Waals surface area (Å²) in [5.41, 5.74) is 2.03. The van der Waals surface area contributed by atoms with Crippen LogP contribution in [0.25, 0.3) is 0 Å². The lowest BCUT2D eigenvalue weighted by molar-refractivity contribution is 0.101. The molecule has 0 radical (unpaired) electrons. The van der Waals surface area contributed by atoms with Gasteiger partial charge in [0.15, 0.2) is 5.78 Å². The molecular weight excluding hydrogens is 228 g/mol. The van der Waals surface area contributed by atoms with Crippen LogP contribution < -0.4 is 0 Å². The van der Waals surface area contributed by atoms with E-state index in [1.807, 2.05) is 24.3 Å². The molecule has 2 heteroatoms. The van der Waals surface area contributed by atoms with Gasteiger partial charge in [0, 0.05) is 15.4 Å². The van der Waals surface area contributed by atoms with Crippen LogP contribution in [0.5, 0.6) is 0 Å². The van der Waals surface area contributed by atoms with Crippen molar-refractivity contribution in [1.82, 2.24) is 0 Å². The molecule has 0 spiro atoms. The fraction of sp³-hybridized carbons (Fsp3) is 0.133. The van der Waals surface area contributed by atoms with Crippen LogP contribution in [0.15, 0.2) is 58.3 Å². The number of benzene rings is 2. The second kappa shape index (κ2) is 5.19. The van der Waals surface area contributed by atoms with Crippen LogP contribution in [-0.2, 0) is 0 Å². The van der Waals surface area contributed by atoms with Gasteiger partial charge in [-0.05, 0) is 32.0 Å². The van der Waals surface area contributed by atoms with E-state index in [-0.39, 0.29) is 5.78 Å². The van der Waals surface area contributed by atoms with Crippen molar-refractivity contribution in [2.45, 2.75) is 23.6 Å². The van der Waals surface area contributed by atoms with Crippen LogP contribution in [0.1, 0.15) is 22.8 Å². The highest BCUT2D eigenvalue weighted by atomic mass is 32.2. The summed E-state index contributed by atoms with van der Waals surface area (Å²) in [4.78, 5) is 13.7. The van der Waals surface area contributed by atoms with Crippen molar-refractivity contribution in [3.05, 3.63) is 59.7 Å². The summed E-state index contributed by atoms with van der Waals surface area (Å²) in [6.45, 7) is 3.67. The Morgan fingerprint density at radius 3 is 2.29 bits per heavy atom. The van der Waals surface area contributed by atoms with Crippen LogP contribution in [0.3, 0.4) is 0 Å². The van der Waals surface area contributed by atoms with Crippen molar-refractivity contribution in [2.24, 2.45) is 0 Å². The quantitative estimate of drug-likeness (QED) is 0.744. The van der Waals surface area contributed by atoms with Crippen LogP contribution >= 0.6 is 11.8 Å². The normalized spacial score (nSPS) is 10.2. The van der Waals surface area contributed by atoms with E-state index in [1.54, 1.807) is 18.7 Å². The molecule has 0 saturated heterocycles. The highest BCUT2D eigenvalue weighted by Gasteiger charge is 2.07. The Balaban J connectivity index is 2.30. The number of ketones is 1. The zero-order chi connectivity index (χ0) is 12.3. The maximum absolute atomic E-state index is 11.5. The molecular formula is C15H14OS. The van der Waals surface area contributed by atoms with E-state index in [9.17, 15) is 4.79 Å². The molecule has 1 nitrogen and oxygen atoms in total. The minimum atomic E-state index is 0.111. The molecule has 17 heavy (non-hydrogen) atoms. The smallest absolute Gasteiger partial charge is 0.160 e. The van der Waals surface area contributed by atoms with Crippen LogP contribution in [0.4, 0.5) is 0 Å². The zero-order valence-corrected chi connectivity index (χ0v) is 10.8. The summed E-state index contributed by atoms with van der Waals surface area (Å²) in [5.74, 6) is 0.111. The van der Waals surface area contributed by atoms with E-state index >= 15 is 0 Å². The molecule has 0 amide bonds. The number of aryl methyl sites for hydroxylation is 1. The van der Waals surface area contributed by atoms with Crippen LogP contribution in [-0.4, -0.2) is 5.78 Å². The van der Waals surface area contributed by atoms with Crippen LogP contribution in [0.2, 0.25) is 0 Å². The highest BCUT2D eigenvalue weighted by molar-refractivity contribution is 7.99. The summed E-state index contributed by atoms with van der Waals surface area (Å²) in [5, 5.41) is 0. The first kappa shape index (κ1) is 11.9. The van der Waals surface area contributed by atoms with Crippen molar-refractivity contribution in [2.75, 3.05) is 0 Å². The summed E-state index contributed by atoms with van der Waals surface area (Å²) in [6.07, 6.45) is 0. The summed E-state index contributed by atoms with van der Waals surface area (Å²) in [7, 11) is 0. The molecule has 0 aliphatic heterocycles. The fourth-order valence-electron chi connectivity index (χ4n) is 1.58. The molecule has 2 aromatic rings. The molecule has 0 aliphatic carbocycles. The molecule has 0 atom stereocenters. The van der Waals surface area contributed by atoms with Crippen molar-refractivity contribution >= 4 is 17.5 Å². The van der Waals surface area contributed by atoms with Crippen molar-refractivity contribution in [3.63, 3.8) is 0 Å². The maximum Gasteiger partial charge on any atom is 0.160 e. The van der Waals surface area contributed by atoms with Gasteiger partial charge in [0.1, 0.15) is 0 Å². The van der Waals surface area contributed by atoms with Crippen LogP contribution in [0, 0.1) is 6.92 Å². The predicted octanol–water partition coefficient (Wildman–Crippen LogP) is 4.35. The predicted molar refractivity (Wildman–Crippen MR) is 71.7 cm³/mol. The molecule has 0 saturated carbocycles. The van der Waals surface area contributed by atoms with E-state index in [1.165, 1.54) is 5.56 Å². The van der Waals surface area contributed by atoms with Gasteiger partial charge in [-0.3, -0.25) is 4.79 Å². The highest BCUT2D eigenvalue weighted by Crippen LogP contribution is 2.30. The molecule has 0 aromatic heterocycles. The van der Waals surface area contributed by atoms with Gasteiger partial charge in [-0.2, -0.15) is 0 Å². The van der Waals surface area contributed by atoms with Gasteiger partial charge in [0.2, 0.25) is 0 Å². The molecule has 2 aromatic carbocycles. The summed E-state index contributed by atoms with van der Waals surface area (Å²) in [6, 6.07) is 16.0. The number of hydrogen-bond donors (Lipinski definition) is 0. The molecule has 0 aliphatic rings. The number of carbonyl (C=O) groups is 1. The first-order valence-corrected chi connectivity index (χ1v) is 6.33. The second-order valence-corrected chi connectivity index (χ2v) is 5.08. The van der Waals surface area contributed by atoms with E-state index < -0.39 is 0 Å². The summed E-state index contributed by atoms with van der Waals surface area (Å²) >= 11 is 1.63. The lowest BCUT2D eigenvalue weighted by atomic mass is 10.1. The third-order valence-corrected chi connectivity index (χ3v) is 3.60. The maximum atomic E-state index is 11.5. The Labute approximate surface area is 106 Å². The average molecular weight is 242 g/mol. The zero-order valence-electron chi connectivity index (χ0n) is 9.94. The van der Waals surface area contributed by atoms with E-state index in [4.69, 9.17) is 0 Å². The lowest BCUT2D eigenvalue weighted by Gasteiger charge is -2.06. The third-order valence-electron chi connectivity index (χ3n) is 2.52. The van der Waals surface area contributed by atoms with Crippen molar-refractivity contribution in [3.8, 4) is 0 Å². The Morgan fingerprint density at radius 1 is 1.00 bits per heavy atom. The largest absolute Gasteiger partial charge is 0.294 e. The number of Topliss-reactive ketones (excluding diaryl/α,β-unsaturated/α-hetero) is 1. The number of carbonyl (C=O) groups excluding carboxylic acids is 1. The SMILES string of the molecule is CC(=O)c1ccccc1Sc1ccc(C)cc1. The van der Waals surface area contributed by atoms with Crippen molar-refractivity contribution in [1.29, 1.82) is 0 Å². The molecule has 86 valence electrons. The first-order valence-electron chi connectivity index (χ1n) is 5.51. The lowest BCUT2D eigenvalue weighted by Crippen LogP contribution is -1.94. The minimum Gasteiger partial charge on any atom is -0.294 e. The summed E-state index contributed by atoms with van der Waals surface area (Å²) < 4.78 is 0. The molecule has 0 fully saturated rings. The number of rotatable bonds is 3. The van der Waals surface area contributed by atoms with Gasteiger partial charge >= 0.3 is 0 Å². The van der Waals surface area contributed by atoms with E-state index in [2.05, 4.69) is 31.2 Å². The van der Waals surface area contributed by atoms with Gasteiger partial charge in [-0.25, -0.2) is 0 Å². The Kier molecular flexibility index (Phi) is 3.64. The van der Waals surface area contributed by atoms with E-state index in [0.717, 1.165) is 15.4 Å². The molecule has 2 rings (SSSR count). The Bertz CT molecular complexity index is 529. The second-order valence-electron chi connectivity index (χ2n) is 3.97. The molecule has 0 bridgehead atoms. The fourth-order valence-corrected chi connectivity index (χ4v) is 2.57. The van der Waals surface area contributed by atoms with Gasteiger partial charge in [0.25, 0.3) is 0 Å². The van der Waals surface area contributed by atoms with Crippen molar-refractivity contribution < 1.29 is 4.79 Å². The van der Waals surface area contributed by atoms with Gasteiger partial charge < -0.3 is 0 Å². The monoisotopic (exact) mass is 242 g/mol. The number of hydrogen-bond acceptors (Lipinski definition) is 2. The first-order chi connectivity index (χ1) is 8.16. The molecule has 0 unspecified atom stereocenters. The Morgan fingerprint density at radius 2 is 1.65 bits per heavy atom. The van der Waals surface area contributed by atoms with Gasteiger partial charge in [-0.15, -0.1) is 0 Å². The molecule has 0 heterocycles.